The summed E-state index contributed by atoms with van der Waals surface area (Å²) in [6, 6.07) is 18.8. The molecule has 0 bridgehead atoms. The molecule has 4 heteroatoms. The number of aliphatic imine (C=N–C) groups is 1. The molecule has 2 aromatic carbocycles. The molecule has 0 amide bonds. The second-order valence-electron chi connectivity index (χ2n) is 5.76. The zero-order valence-corrected chi connectivity index (χ0v) is 14.8. The van der Waals surface area contributed by atoms with Crippen molar-refractivity contribution in [1.29, 1.82) is 0 Å². The van der Waals surface area contributed by atoms with E-state index in [1.165, 1.54) is 16.7 Å². The first kappa shape index (κ1) is 18.0. The van der Waals surface area contributed by atoms with E-state index in [1.807, 2.05) is 18.2 Å². The molecule has 24 heavy (non-hydrogen) atoms. The highest BCUT2D eigenvalue weighted by atomic mass is 16.5. The maximum Gasteiger partial charge on any atom is 0.191 e. The highest BCUT2D eigenvalue weighted by Gasteiger charge is 2.09. The molecule has 0 fully saturated rings. The van der Waals surface area contributed by atoms with Gasteiger partial charge in [-0.25, -0.2) is 0 Å². The van der Waals surface area contributed by atoms with E-state index in [-0.39, 0.29) is 6.04 Å². The summed E-state index contributed by atoms with van der Waals surface area (Å²) in [6.45, 7) is 6.25. The molecule has 0 saturated carbocycles. The molecule has 2 rings (SSSR count). The molecule has 0 aliphatic rings. The molecule has 0 heterocycles. The number of guanidine groups is 1. The highest BCUT2D eigenvalue weighted by molar-refractivity contribution is 5.80. The molecule has 2 N–H and O–H groups in total. The molecule has 1 atom stereocenters. The monoisotopic (exact) mass is 325 g/mol. The Kier molecular flexibility index (Phi) is 7.30. The van der Waals surface area contributed by atoms with E-state index in [9.17, 15) is 0 Å². The van der Waals surface area contributed by atoms with Gasteiger partial charge in [0, 0.05) is 13.6 Å². The van der Waals surface area contributed by atoms with Crippen LogP contribution < -0.4 is 10.6 Å². The first-order valence-corrected chi connectivity index (χ1v) is 8.35. The number of hydrogen-bond donors (Lipinski definition) is 2. The van der Waals surface area contributed by atoms with Crippen LogP contribution >= 0.6 is 0 Å². The van der Waals surface area contributed by atoms with Gasteiger partial charge in [0.25, 0.3) is 0 Å². The van der Waals surface area contributed by atoms with Gasteiger partial charge >= 0.3 is 0 Å². The van der Waals surface area contributed by atoms with E-state index >= 15 is 0 Å². The van der Waals surface area contributed by atoms with Crippen LogP contribution in [0.3, 0.4) is 0 Å². The summed E-state index contributed by atoms with van der Waals surface area (Å²) in [7, 11) is 1.78. The molecule has 0 radical (unpaired) electrons. The summed E-state index contributed by atoms with van der Waals surface area (Å²) in [4.78, 5) is 4.28. The maximum absolute atomic E-state index is 5.68. The van der Waals surface area contributed by atoms with E-state index in [4.69, 9.17) is 4.74 Å². The maximum atomic E-state index is 5.68. The van der Waals surface area contributed by atoms with Gasteiger partial charge in [0.15, 0.2) is 5.96 Å². The van der Waals surface area contributed by atoms with Crippen LogP contribution in [0.2, 0.25) is 0 Å². The van der Waals surface area contributed by atoms with Crippen molar-refractivity contribution in [3.05, 3.63) is 71.3 Å². The third kappa shape index (κ3) is 5.70. The van der Waals surface area contributed by atoms with Crippen LogP contribution in [-0.2, 0) is 11.3 Å². The lowest BCUT2D eigenvalue weighted by molar-refractivity contribution is 0.125. The van der Waals surface area contributed by atoms with Gasteiger partial charge < -0.3 is 15.4 Å². The quantitative estimate of drug-likeness (QED) is 0.466. The van der Waals surface area contributed by atoms with Gasteiger partial charge in [0.2, 0.25) is 0 Å². The third-order valence-corrected chi connectivity index (χ3v) is 3.88. The first-order valence-electron chi connectivity index (χ1n) is 8.35. The van der Waals surface area contributed by atoms with Gasteiger partial charge in [-0.05, 0) is 30.5 Å². The Morgan fingerprint density at radius 3 is 2.50 bits per heavy atom. The van der Waals surface area contributed by atoms with Gasteiger partial charge in [0.1, 0.15) is 0 Å². The predicted octanol–water partition coefficient (Wildman–Crippen LogP) is 3.44. The molecule has 128 valence electrons. The fraction of sp³-hybridized carbons (Fsp3) is 0.350. The normalized spacial score (nSPS) is 12.7. The van der Waals surface area contributed by atoms with Gasteiger partial charge in [0.05, 0.1) is 19.3 Å². The molecule has 4 nitrogen and oxygen atoms in total. The van der Waals surface area contributed by atoms with Crippen molar-refractivity contribution < 1.29 is 4.74 Å². The minimum Gasteiger partial charge on any atom is -0.375 e. The van der Waals surface area contributed by atoms with Crippen molar-refractivity contribution in [2.45, 2.75) is 26.5 Å². The van der Waals surface area contributed by atoms with Crippen LogP contribution in [0.25, 0.3) is 0 Å². The average Bonchev–Trinajstić information content (AvgIpc) is 2.61. The lowest BCUT2D eigenvalue weighted by Gasteiger charge is -2.19. The van der Waals surface area contributed by atoms with Crippen molar-refractivity contribution in [2.24, 2.45) is 4.99 Å². The number of hydrogen-bond acceptors (Lipinski definition) is 2. The number of rotatable bonds is 7. The van der Waals surface area contributed by atoms with Crippen molar-refractivity contribution in [3.63, 3.8) is 0 Å². The van der Waals surface area contributed by atoms with E-state index in [0.717, 1.165) is 5.96 Å². The summed E-state index contributed by atoms with van der Waals surface area (Å²) in [5.41, 5.74) is 3.74. The minimum absolute atomic E-state index is 0.197. The molecule has 0 aliphatic carbocycles. The summed E-state index contributed by atoms with van der Waals surface area (Å²) in [5.74, 6) is 0.786. The number of benzene rings is 2. The molecular formula is C20H27N3O. The number of nitrogens with one attached hydrogen (secondary N) is 2. The van der Waals surface area contributed by atoms with Gasteiger partial charge in [-0.1, -0.05) is 54.6 Å². The Bertz CT molecular complexity index is 640. The van der Waals surface area contributed by atoms with E-state index in [1.54, 1.807) is 7.05 Å². The Morgan fingerprint density at radius 2 is 1.79 bits per heavy atom. The van der Waals surface area contributed by atoms with E-state index in [2.05, 4.69) is 65.9 Å². The third-order valence-electron chi connectivity index (χ3n) is 3.88. The SMILES string of the molecule is CN=C(NCCOCc1ccccc1)NC(C)c1ccccc1C. The smallest absolute Gasteiger partial charge is 0.191 e. The van der Waals surface area contributed by atoms with Crippen LogP contribution in [0.5, 0.6) is 0 Å². The predicted molar refractivity (Wildman–Crippen MR) is 100 cm³/mol. The van der Waals surface area contributed by atoms with Crippen LogP contribution in [0.15, 0.2) is 59.6 Å². The zero-order chi connectivity index (χ0) is 17.2. The van der Waals surface area contributed by atoms with Crippen molar-refractivity contribution in [2.75, 3.05) is 20.2 Å². The van der Waals surface area contributed by atoms with Crippen molar-refractivity contribution in [3.8, 4) is 0 Å². The first-order chi connectivity index (χ1) is 11.7. The average molecular weight is 325 g/mol. The molecule has 0 saturated heterocycles. The number of aryl methyl sites for hydroxylation is 1. The summed E-state index contributed by atoms with van der Waals surface area (Å²) in [6.07, 6.45) is 0. The molecular weight excluding hydrogens is 298 g/mol. The number of ether oxygens (including phenoxy) is 1. The molecule has 2 aromatic rings. The zero-order valence-electron chi connectivity index (χ0n) is 14.8. The summed E-state index contributed by atoms with van der Waals surface area (Å²) < 4.78 is 5.68. The largest absolute Gasteiger partial charge is 0.375 e. The second kappa shape index (κ2) is 9.73. The van der Waals surface area contributed by atoms with Gasteiger partial charge in [-0.2, -0.15) is 0 Å². The van der Waals surface area contributed by atoms with E-state index < -0.39 is 0 Å². The van der Waals surface area contributed by atoms with Crippen molar-refractivity contribution in [1.82, 2.24) is 10.6 Å². The van der Waals surface area contributed by atoms with Crippen LogP contribution in [0.4, 0.5) is 0 Å². The van der Waals surface area contributed by atoms with Gasteiger partial charge in [-0.3, -0.25) is 4.99 Å². The second-order valence-corrected chi connectivity index (χ2v) is 5.76. The van der Waals surface area contributed by atoms with Crippen LogP contribution in [-0.4, -0.2) is 26.2 Å². The topological polar surface area (TPSA) is 45.7 Å². The molecule has 0 aromatic heterocycles. The summed E-state index contributed by atoms with van der Waals surface area (Å²) in [5, 5.41) is 6.71. The van der Waals surface area contributed by atoms with E-state index in [0.29, 0.717) is 19.8 Å². The fourth-order valence-corrected chi connectivity index (χ4v) is 2.56. The fourth-order valence-electron chi connectivity index (χ4n) is 2.56. The Morgan fingerprint density at radius 1 is 1.08 bits per heavy atom. The number of nitrogens with zero attached hydrogens (tertiary/aromatic N) is 1. The van der Waals surface area contributed by atoms with Gasteiger partial charge in [-0.15, -0.1) is 0 Å². The Hall–Kier alpha value is -2.33. The lowest BCUT2D eigenvalue weighted by Crippen LogP contribution is -2.40. The Labute approximate surface area is 145 Å². The van der Waals surface area contributed by atoms with Crippen LogP contribution in [0, 0.1) is 6.92 Å². The standard InChI is InChI=1S/C20H27N3O/c1-16-9-7-8-12-19(16)17(2)23-20(21-3)22-13-14-24-15-18-10-5-4-6-11-18/h4-12,17H,13-15H2,1-3H3,(H2,21,22,23). The Balaban J connectivity index is 1.72. The van der Waals surface area contributed by atoms with Crippen molar-refractivity contribution >= 4 is 5.96 Å². The molecule has 0 spiro atoms. The molecule has 0 aliphatic heterocycles. The van der Waals surface area contributed by atoms with Crippen LogP contribution in [0.1, 0.15) is 29.7 Å². The lowest BCUT2D eigenvalue weighted by atomic mass is 10.0. The minimum atomic E-state index is 0.197. The highest BCUT2D eigenvalue weighted by Crippen LogP contribution is 2.16. The molecule has 1 unspecified atom stereocenters. The summed E-state index contributed by atoms with van der Waals surface area (Å²) >= 11 is 0.